The number of likely N-dealkylation sites (N-methyl/N-ethyl adjacent to an activating group) is 1. The van der Waals surface area contributed by atoms with Gasteiger partial charge in [0.1, 0.15) is 23.5 Å². The summed E-state index contributed by atoms with van der Waals surface area (Å²) in [4.78, 5) is 31.1. The Balaban J connectivity index is 1.56. The van der Waals surface area contributed by atoms with Crippen LogP contribution in [-0.2, 0) is 4.79 Å². The summed E-state index contributed by atoms with van der Waals surface area (Å²) in [5.74, 6) is 0.308. The molecule has 174 valence electrons. The molecule has 0 saturated carbocycles. The van der Waals surface area contributed by atoms with E-state index >= 15 is 0 Å². The maximum atomic E-state index is 12.6. The second kappa shape index (κ2) is 12.1. The van der Waals surface area contributed by atoms with Gasteiger partial charge in [-0.2, -0.15) is 5.26 Å². The molecule has 0 fully saturated rings. The molecule has 1 aromatic heterocycles. The number of nitrogens with one attached hydrogen (secondary N) is 1. The molecule has 0 aliphatic heterocycles. The first-order valence-corrected chi connectivity index (χ1v) is 11.8. The highest BCUT2D eigenvalue weighted by molar-refractivity contribution is 8.00. The minimum absolute atomic E-state index is 0.105. The van der Waals surface area contributed by atoms with Gasteiger partial charge in [0.05, 0.1) is 29.1 Å². The number of pyridine rings is 1. The number of thioether (sulfide) groups is 1. The summed E-state index contributed by atoms with van der Waals surface area (Å²) in [6.45, 7) is 2.44. The molecule has 2 aromatic carbocycles. The standard InChI is InChI=1S/C25H23ClN4O3S/c1-17-22(24(32)29-20-6-4-3-5-7-20)14-18(15-27)25(28-17)34-16-23(31)30(2)12-13-33-21-10-8-19(26)9-11-21/h3-11,14H,12-13,16H2,1-2H3,(H,29,32). The van der Waals surface area contributed by atoms with Crippen molar-refractivity contribution in [1.82, 2.24) is 9.88 Å². The van der Waals surface area contributed by atoms with Gasteiger partial charge in [-0.3, -0.25) is 9.59 Å². The molecule has 0 aliphatic rings. The molecule has 0 unspecified atom stereocenters. The van der Waals surface area contributed by atoms with Gasteiger partial charge in [0, 0.05) is 17.8 Å². The fourth-order valence-electron chi connectivity index (χ4n) is 2.92. The van der Waals surface area contributed by atoms with Gasteiger partial charge in [0.2, 0.25) is 5.91 Å². The Morgan fingerprint density at radius 1 is 1.18 bits per heavy atom. The Hall–Kier alpha value is -3.54. The summed E-state index contributed by atoms with van der Waals surface area (Å²) < 4.78 is 5.62. The van der Waals surface area contributed by atoms with E-state index in [1.807, 2.05) is 18.2 Å². The van der Waals surface area contributed by atoms with Crippen molar-refractivity contribution in [1.29, 1.82) is 5.26 Å². The Bertz CT molecular complexity index is 1200. The van der Waals surface area contributed by atoms with E-state index in [1.165, 1.54) is 17.8 Å². The Morgan fingerprint density at radius 2 is 1.88 bits per heavy atom. The van der Waals surface area contributed by atoms with Gasteiger partial charge in [-0.05, 0) is 49.4 Å². The van der Waals surface area contributed by atoms with Crippen LogP contribution in [0.4, 0.5) is 5.69 Å². The van der Waals surface area contributed by atoms with Crippen molar-refractivity contribution in [3.8, 4) is 11.8 Å². The normalized spacial score (nSPS) is 10.3. The molecule has 0 saturated heterocycles. The minimum Gasteiger partial charge on any atom is -0.492 e. The lowest BCUT2D eigenvalue weighted by molar-refractivity contribution is -0.127. The van der Waals surface area contributed by atoms with Crippen molar-refractivity contribution in [3.05, 3.63) is 82.5 Å². The number of rotatable bonds is 9. The van der Waals surface area contributed by atoms with Gasteiger partial charge >= 0.3 is 0 Å². The quantitative estimate of drug-likeness (QED) is 0.429. The number of aryl methyl sites for hydroxylation is 1. The SMILES string of the molecule is Cc1nc(SCC(=O)N(C)CCOc2ccc(Cl)cc2)c(C#N)cc1C(=O)Nc1ccccc1. The average molecular weight is 495 g/mol. The molecule has 0 atom stereocenters. The van der Waals surface area contributed by atoms with Gasteiger partial charge in [-0.15, -0.1) is 0 Å². The Kier molecular flexibility index (Phi) is 8.91. The fourth-order valence-corrected chi connectivity index (χ4v) is 3.99. The van der Waals surface area contributed by atoms with Crippen LogP contribution in [0.2, 0.25) is 5.02 Å². The van der Waals surface area contributed by atoms with Crippen molar-refractivity contribution >= 4 is 40.9 Å². The average Bonchev–Trinajstić information content (AvgIpc) is 2.84. The van der Waals surface area contributed by atoms with Crippen molar-refractivity contribution in [2.75, 3.05) is 31.3 Å². The minimum atomic E-state index is -0.347. The van der Waals surface area contributed by atoms with Crippen LogP contribution in [0.5, 0.6) is 5.75 Å². The Morgan fingerprint density at radius 3 is 2.56 bits per heavy atom. The van der Waals surface area contributed by atoms with E-state index in [0.29, 0.717) is 45.9 Å². The van der Waals surface area contributed by atoms with E-state index in [1.54, 1.807) is 55.3 Å². The van der Waals surface area contributed by atoms with Crippen LogP contribution in [0.1, 0.15) is 21.6 Å². The van der Waals surface area contributed by atoms with Gasteiger partial charge in [0.15, 0.2) is 0 Å². The zero-order valence-corrected chi connectivity index (χ0v) is 20.3. The largest absolute Gasteiger partial charge is 0.492 e. The van der Waals surface area contributed by atoms with Gasteiger partial charge in [-0.25, -0.2) is 4.98 Å². The third kappa shape index (κ3) is 6.98. The topological polar surface area (TPSA) is 95.3 Å². The molecule has 34 heavy (non-hydrogen) atoms. The van der Waals surface area contributed by atoms with Crippen LogP contribution < -0.4 is 10.1 Å². The smallest absolute Gasteiger partial charge is 0.257 e. The molecule has 3 aromatic rings. The number of ether oxygens (including phenoxy) is 1. The number of carbonyl (C=O) groups is 2. The van der Waals surface area contributed by atoms with Crippen molar-refractivity contribution in [2.45, 2.75) is 11.9 Å². The highest BCUT2D eigenvalue weighted by atomic mass is 35.5. The molecular formula is C25H23ClN4O3S. The monoisotopic (exact) mass is 494 g/mol. The number of nitriles is 1. The van der Waals surface area contributed by atoms with Crippen molar-refractivity contribution in [3.63, 3.8) is 0 Å². The predicted molar refractivity (Wildman–Crippen MR) is 133 cm³/mol. The van der Waals surface area contributed by atoms with Crippen LogP contribution in [-0.4, -0.2) is 47.7 Å². The summed E-state index contributed by atoms with van der Waals surface area (Å²) in [5.41, 5.74) is 1.69. The van der Waals surface area contributed by atoms with E-state index in [2.05, 4.69) is 16.4 Å². The molecule has 9 heteroatoms. The van der Waals surface area contributed by atoms with Crippen LogP contribution in [0.15, 0.2) is 65.7 Å². The summed E-state index contributed by atoms with van der Waals surface area (Å²) in [5, 5.41) is 13.4. The summed E-state index contributed by atoms with van der Waals surface area (Å²) >= 11 is 7.02. The van der Waals surface area contributed by atoms with Crippen LogP contribution in [0.3, 0.4) is 0 Å². The summed E-state index contributed by atoms with van der Waals surface area (Å²) in [6, 6.07) is 19.6. The highest BCUT2D eigenvalue weighted by Crippen LogP contribution is 2.24. The molecule has 0 aliphatic carbocycles. The number of carbonyl (C=O) groups excluding carboxylic acids is 2. The number of hydrogen-bond donors (Lipinski definition) is 1. The van der Waals surface area contributed by atoms with E-state index < -0.39 is 0 Å². The first-order valence-electron chi connectivity index (χ1n) is 10.4. The second-order valence-corrected chi connectivity index (χ2v) is 8.71. The first kappa shape index (κ1) is 25.1. The number of para-hydroxylation sites is 1. The van der Waals surface area contributed by atoms with E-state index in [9.17, 15) is 14.9 Å². The van der Waals surface area contributed by atoms with Crippen molar-refractivity contribution in [2.24, 2.45) is 0 Å². The molecular weight excluding hydrogens is 472 g/mol. The number of nitrogens with zero attached hydrogens (tertiary/aromatic N) is 3. The first-order chi connectivity index (χ1) is 16.4. The lowest BCUT2D eigenvalue weighted by atomic mass is 10.1. The molecule has 2 amide bonds. The molecule has 7 nitrogen and oxygen atoms in total. The summed E-state index contributed by atoms with van der Waals surface area (Å²) in [6.07, 6.45) is 0. The lowest BCUT2D eigenvalue weighted by Gasteiger charge is -2.17. The van der Waals surface area contributed by atoms with E-state index in [-0.39, 0.29) is 23.1 Å². The zero-order chi connectivity index (χ0) is 24.5. The van der Waals surface area contributed by atoms with Crippen LogP contribution in [0, 0.1) is 18.3 Å². The maximum absolute atomic E-state index is 12.6. The van der Waals surface area contributed by atoms with Crippen LogP contribution >= 0.6 is 23.4 Å². The number of benzene rings is 2. The van der Waals surface area contributed by atoms with E-state index in [0.717, 1.165) is 0 Å². The third-order valence-corrected chi connectivity index (χ3v) is 6.07. The predicted octanol–water partition coefficient (Wildman–Crippen LogP) is 4.80. The van der Waals surface area contributed by atoms with E-state index in [4.69, 9.17) is 16.3 Å². The van der Waals surface area contributed by atoms with Gasteiger partial charge in [0.25, 0.3) is 5.91 Å². The molecule has 0 bridgehead atoms. The molecule has 1 heterocycles. The van der Waals surface area contributed by atoms with Crippen LogP contribution in [0.25, 0.3) is 0 Å². The number of hydrogen-bond acceptors (Lipinski definition) is 6. The highest BCUT2D eigenvalue weighted by Gasteiger charge is 2.17. The summed E-state index contributed by atoms with van der Waals surface area (Å²) in [7, 11) is 1.69. The zero-order valence-electron chi connectivity index (χ0n) is 18.7. The van der Waals surface area contributed by atoms with Gasteiger partial charge < -0.3 is 15.0 Å². The third-order valence-electron chi connectivity index (χ3n) is 4.84. The lowest BCUT2D eigenvalue weighted by Crippen LogP contribution is -2.32. The molecule has 3 rings (SSSR count). The number of anilines is 1. The maximum Gasteiger partial charge on any atom is 0.257 e. The molecule has 1 N–H and O–H groups in total. The number of amides is 2. The second-order valence-electron chi connectivity index (χ2n) is 7.31. The van der Waals surface area contributed by atoms with Gasteiger partial charge in [-0.1, -0.05) is 41.6 Å². The molecule has 0 spiro atoms. The van der Waals surface area contributed by atoms with Crippen molar-refractivity contribution < 1.29 is 14.3 Å². The number of aromatic nitrogens is 1. The number of halogens is 1. The Labute approximate surface area is 207 Å². The molecule has 0 radical (unpaired) electrons. The fraction of sp³-hybridized carbons (Fsp3) is 0.200.